The molecular weight excluding hydrogens is 254 g/mol. The van der Waals surface area contributed by atoms with Crippen molar-refractivity contribution >= 4 is 5.91 Å². The number of carbonyl (C=O) groups is 1. The van der Waals surface area contributed by atoms with Crippen molar-refractivity contribution in [1.82, 2.24) is 5.32 Å². The summed E-state index contributed by atoms with van der Waals surface area (Å²) in [5, 5.41) is 12.7. The van der Waals surface area contributed by atoms with Gasteiger partial charge in [-0.1, -0.05) is 37.3 Å². The summed E-state index contributed by atoms with van der Waals surface area (Å²) >= 11 is 0. The van der Waals surface area contributed by atoms with Gasteiger partial charge in [-0.3, -0.25) is 4.79 Å². The second-order valence-corrected chi connectivity index (χ2v) is 4.69. The first-order valence-corrected chi connectivity index (χ1v) is 6.75. The van der Waals surface area contributed by atoms with E-state index in [-0.39, 0.29) is 18.4 Å². The summed E-state index contributed by atoms with van der Waals surface area (Å²) in [4.78, 5) is 12.2. The summed E-state index contributed by atoms with van der Waals surface area (Å²) < 4.78 is 4.91. The van der Waals surface area contributed by atoms with Crippen LogP contribution in [0.15, 0.2) is 53.3 Å². The van der Waals surface area contributed by atoms with Crippen LogP contribution in [0.4, 0.5) is 0 Å². The number of furan rings is 1. The number of rotatable bonds is 6. The Morgan fingerprint density at radius 3 is 2.60 bits per heavy atom. The third kappa shape index (κ3) is 3.48. The lowest BCUT2D eigenvalue weighted by Gasteiger charge is -2.17. The van der Waals surface area contributed by atoms with Crippen LogP contribution in [0.1, 0.15) is 36.5 Å². The normalized spacial score (nSPS) is 13.7. The van der Waals surface area contributed by atoms with Gasteiger partial charge in [0.05, 0.1) is 24.5 Å². The van der Waals surface area contributed by atoms with Gasteiger partial charge in [-0.25, -0.2) is 0 Å². The van der Waals surface area contributed by atoms with Crippen molar-refractivity contribution in [3.63, 3.8) is 0 Å². The zero-order valence-corrected chi connectivity index (χ0v) is 11.5. The number of amides is 1. The third-order valence-corrected chi connectivity index (χ3v) is 3.32. The summed E-state index contributed by atoms with van der Waals surface area (Å²) in [7, 11) is 0. The largest absolute Gasteiger partial charge is 0.472 e. The number of benzene rings is 1. The Morgan fingerprint density at radius 1 is 1.25 bits per heavy atom. The Morgan fingerprint density at radius 2 is 2.00 bits per heavy atom. The fourth-order valence-corrected chi connectivity index (χ4v) is 2.16. The summed E-state index contributed by atoms with van der Waals surface area (Å²) in [5.74, 6) is -0.256. The van der Waals surface area contributed by atoms with Gasteiger partial charge in [0, 0.05) is 12.1 Å². The van der Waals surface area contributed by atoms with Crippen LogP contribution in [0.25, 0.3) is 0 Å². The number of hydrogen-bond donors (Lipinski definition) is 2. The first-order chi connectivity index (χ1) is 9.72. The van der Waals surface area contributed by atoms with E-state index >= 15 is 0 Å². The second kappa shape index (κ2) is 6.91. The second-order valence-electron chi connectivity index (χ2n) is 4.69. The van der Waals surface area contributed by atoms with E-state index in [9.17, 15) is 9.90 Å². The van der Waals surface area contributed by atoms with Crippen LogP contribution in [-0.4, -0.2) is 17.6 Å². The zero-order chi connectivity index (χ0) is 14.4. The standard InChI is InChI=1S/C16H19NO3/c1-2-14(12-6-4-3-5-7-12)16(19)17-10-15(18)13-8-9-20-11-13/h3-9,11,14-15,18H,2,10H2,1H3,(H,17,19)/t14-,15-/m1/s1. The number of hydrogen-bond acceptors (Lipinski definition) is 3. The molecule has 1 aromatic heterocycles. The van der Waals surface area contributed by atoms with E-state index < -0.39 is 6.10 Å². The van der Waals surface area contributed by atoms with Gasteiger partial charge >= 0.3 is 0 Å². The molecule has 0 saturated heterocycles. The Hall–Kier alpha value is -2.07. The minimum absolute atomic E-state index is 0.0683. The average molecular weight is 273 g/mol. The highest BCUT2D eigenvalue weighted by Crippen LogP contribution is 2.19. The maximum Gasteiger partial charge on any atom is 0.227 e. The van der Waals surface area contributed by atoms with Crippen LogP contribution in [0.5, 0.6) is 0 Å². The molecule has 1 amide bonds. The van der Waals surface area contributed by atoms with Gasteiger partial charge in [-0.15, -0.1) is 0 Å². The molecule has 20 heavy (non-hydrogen) atoms. The molecule has 4 heteroatoms. The smallest absolute Gasteiger partial charge is 0.227 e. The maximum atomic E-state index is 12.2. The minimum Gasteiger partial charge on any atom is -0.472 e. The fraction of sp³-hybridized carbons (Fsp3) is 0.312. The molecule has 0 saturated carbocycles. The highest BCUT2D eigenvalue weighted by molar-refractivity contribution is 5.83. The van der Waals surface area contributed by atoms with Gasteiger partial charge in [0.25, 0.3) is 0 Å². The van der Waals surface area contributed by atoms with Gasteiger partial charge in [0.1, 0.15) is 0 Å². The number of nitrogens with one attached hydrogen (secondary N) is 1. The molecule has 0 bridgehead atoms. The Bertz CT molecular complexity index is 522. The molecule has 0 aliphatic rings. The molecule has 2 rings (SSSR count). The molecule has 106 valence electrons. The molecule has 0 unspecified atom stereocenters. The van der Waals surface area contributed by atoms with E-state index in [1.807, 2.05) is 37.3 Å². The van der Waals surface area contributed by atoms with E-state index in [1.165, 1.54) is 12.5 Å². The Labute approximate surface area is 118 Å². The van der Waals surface area contributed by atoms with E-state index in [2.05, 4.69) is 5.32 Å². The fourth-order valence-electron chi connectivity index (χ4n) is 2.16. The molecule has 1 heterocycles. The van der Waals surface area contributed by atoms with Crippen molar-refractivity contribution in [2.75, 3.05) is 6.54 Å². The molecule has 2 aromatic rings. The summed E-state index contributed by atoms with van der Waals surface area (Å²) in [5.41, 5.74) is 1.66. The van der Waals surface area contributed by atoms with Crippen molar-refractivity contribution in [2.45, 2.75) is 25.4 Å². The van der Waals surface area contributed by atoms with Crippen molar-refractivity contribution in [2.24, 2.45) is 0 Å². The third-order valence-electron chi connectivity index (χ3n) is 3.32. The number of aliphatic hydroxyl groups is 1. The van der Waals surface area contributed by atoms with Crippen LogP contribution >= 0.6 is 0 Å². The van der Waals surface area contributed by atoms with E-state index in [0.717, 1.165) is 12.0 Å². The Kier molecular flexibility index (Phi) is 4.96. The van der Waals surface area contributed by atoms with Gasteiger partial charge in [0.15, 0.2) is 0 Å². The van der Waals surface area contributed by atoms with Crippen LogP contribution in [0.3, 0.4) is 0 Å². The van der Waals surface area contributed by atoms with E-state index in [1.54, 1.807) is 6.07 Å². The predicted molar refractivity (Wildman–Crippen MR) is 76.2 cm³/mol. The number of aliphatic hydroxyl groups excluding tert-OH is 1. The molecule has 0 aliphatic heterocycles. The first kappa shape index (κ1) is 14.3. The monoisotopic (exact) mass is 273 g/mol. The van der Waals surface area contributed by atoms with Gasteiger partial charge in [-0.2, -0.15) is 0 Å². The summed E-state index contributed by atoms with van der Waals surface area (Å²) in [6.07, 6.45) is 2.95. The minimum atomic E-state index is -0.744. The lowest BCUT2D eigenvalue weighted by atomic mass is 9.95. The van der Waals surface area contributed by atoms with Crippen molar-refractivity contribution in [1.29, 1.82) is 0 Å². The van der Waals surface area contributed by atoms with E-state index in [4.69, 9.17) is 4.42 Å². The van der Waals surface area contributed by atoms with E-state index in [0.29, 0.717) is 5.56 Å². The highest BCUT2D eigenvalue weighted by atomic mass is 16.3. The van der Waals surface area contributed by atoms with Crippen molar-refractivity contribution in [3.05, 3.63) is 60.1 Å². The first-order valence-electron chi connectivity index (χ1n) is 6.75. The van der Waals surface area contributed by atoms with Crippen molar-refractivity contribution < 1.29 is 14.3 Å². The topological polar surface area (TPSA) is 62.5 Å². The van der Waals surface area contributed by atoms with Crippen LogP contribution in [0, 0.1) is 0 Å². The molecule has 0 aliphatic carbocycles. The lowest BCUT2D eigenvalue weighted by Crippen LogP contribution is -2.32. The molecular formula is C16H19NO3. The lowest BCUT2D eigenvalue weighted by molar-refractivity contribution is -0.123. The van der Waals surface area contributed by atoms with Crippen molar-refractivity contribution in [3.8, 4) is 0 Å². The Balaban J connectivity index is 1.93. The van der Waals surface area contributed by atoms with Gasteiger partial charge in [-0.05, 0) is 18.1 Å². The summed E-state index contributed by atoms with van der Waals surface area (Å²) in [6.45, 7) is 2.16. The molecule has 2 N–H and O–H groups in total. The predicted octanol–water partition coefficient (Wildman–Crippen LogP) is 2.62. The molecule has 0 spiro atoms. The molecule has 2 atom stereocenters. The van der Waals surface area contributed by atoms with Crippen LogP contribution < -0.4 is 5.32 Å². The summed E-state index contributed by atoms with van der Waals surface area (Å²) in [6, 6.07) is 11.3. The van der Waals surface area contributed by atoms with Gasteiger partial charge < -0.3 is 14.8 Å². The SMILES string of the molecule is CC[C@@H](C(=O)NC[C@@H](O)c1ccoc1)c1ccccc1. The number of carbonyl (C=O) groups excluding carboxylic acids is 1. The molecule has 1 aromatic carbocycles. The molecule has 4 nitrogen and oxygen atoms in total. The zero-order valence-electron chi connectivity index (χ0n) is 11.5. The maximum absolute atomic E-state index is 12.2. The highest BCUT2D eigenvalue weighted by Gasteiger charge is 2.19. The average Bonchev–Trinajstić information content (AvgIpc) is 3.01. The molecule has 0 fully saturated rings. The van der Waals surface area contributed by atoms with Crippen LogP contribution in [-0.2, 0) is 4.79 Å². The van der Waals surface area contributed by atoms with Crippen LogP contribution in [0.2, 0.25) is 0 Å². The quantitative estimate of drug-likeness (QED) is 0.850. The molecule has 0 radical (unpaired) electrons. The van der Waals surface area contributed by atoms with Gasteiger partial charge in [0.2, 0.25) is 5.91 Å².